The summed E-state index contributed by atoms with van der Waals surface area (Å²) in [6.07, 6.45) is -3.40. The Kier molecular flexibility index (Phi) is 4.88. The van der Waals surface area contributed by atoms with Crippen LogP contribution in [0.5, 0.6) is 0 Å². The number of rotatable bonds is 3. The molecule has 0 atom stereocenters. The zero-order valence-electron chi connectivity index (χ0n) is 12.1. The Morgan fingerprint density at radius 2 is 1.87 bits per heavy atom. The second-order valence-electron chi connectivity index (χ2n) is 5.52. The summed E-state index contributed by atoms with van der Waals surface area (Å²) in [7, 11) is 0. The van der Waals surface area contributed by atoms with Gasteiger partial charge >= 0.3 is 12.1 Å². The Bertz CT molecular complexity index is 598. The summed E-state index contributed by atoms with van der Waals surface area (Å²) >= 11 is 0. The Hall–Kier alpha value is -2.16. The number of halogens is 3. The van der Waals surface area contributed by atoms with E-state index in [1.807, 2.05) is 0 Å². The largest absolute Gasteiger partial charge is 0.471 e. The zero-order chi connectivity index (χ0) is 17.2. The molecule has 2 N–H and O–H groups in total. The normalized spacial score (nSPS) is 21.7. The number of nitro groups is 1. The van der Waals surface area contributed by atoms with E-state index in [0.717, 1.165) is 12.1 Å². The lowest BCUT2D eigenvalue weighted by Gasteiger charge is -2.36. The van der Waals surface area contributed by atoms with Crippen molar-refractivity contribution in [2.24, 2.45) is 5.73 Å². The standard InChI is InChI=1S/C14H16F3N3O3/c15-14(16,17)13(21)19(10-6-4-9(18)5-7-10)11-2-1-3-12(8-11)20(22)23/h1-3,8-10H,4-7,18H2. The van der Waals surface area contributed by atoms with Gasteiger partial charge in [0.25, 0.3) is 5.69 Å². The van der Waals surface area contributed by atoms with Gasteiger partial charge in [-0.1, -0.05) is 6.07 Å². The molecule has 1 aliphatic carbocycles. The summed E-state index contributed by atoms with van der Waals surface area (Å²) in [5.74, 6) is -2.02. The number of hydrogen-bond acceptors (Lipinski definition) is 4. The van der Waals surface area contributed by atoms with Crippen molar-refractivity contribution in [2.45, 2.75) is 43.9 Å². The highest BCUT2D eigenvalue weighted by molar-refractivity contribution is 5.98. The van der Waals surface area contributed by atoms with Crippen LogP contribution >= 0.6 is 0 Å². The van der Waals surface area contributed by atoms with Gasteiger partial charge in [-0.15, -0.1) is 0 Å². The van der Waals surface area contributed by atoms with E-state index in [9.17, 15) is 28.1 Å². The van der Waals surface area contributed by atoms with Crippen molar-refractivity contribution >= 4 is 17.3 Å². The minimum Gasteiger partial charge on any atom is -0.328 e. The molecule has 1 aliphatic rings. The second kappa shape index (κ2) is 6.53. The smallest absolute Gasteiger partial charge is 0.328 e. The van der Waals surface area contributed by atoms with Crippen LogP contribution in [0.15, 0.2) is 24.3 Å². The molecule has 1 aromatic rings. The molecule has 1 aromatic carbocycles. The quantitative estimate of drug-likeness (QED) is 0.681. The maximum Gasteiger partial charge on any atom is 0.471 e. The average molecular weight is 331 g/mol. The van der Waals surface area contributed by atoms with Gasteiger partial charge in [-0.3, -0.25) is 14.9 Å². The van der Waals surface area contributed by atoms with Crippen LogP contribution in [0.2, 0.25) is 0 Å². The van der Waals surface area contributed by atoms with Crippen LogP contribution in [-0.4, -0.2) is 29.1 Å². The molecule has 0 aliphatic heterocycles. The van der Waals surface area contributed by atoms with Gasteiger partial charge in [-0.05, 0) is 31.7 Å². The number of carbonyl (C=O) groups is 1. The van der Waals surface area contributed by atoms with E-state index < -0.39 is 23.0 Å². The lowest BCUT2D eigenvalue weighted by molar-refractivity contribution is -0.384. The van der Waals surface area contributed by atoms with Gasteiger partial charge in [-0.2, -0.15) is 13.2 Å². The summed E-state index contributed by atoms with van der Waals surface area (Å²) in [5.41, 5.74) is 5.26. The Morgan fingerprint density at radius 3 is 2.39 bits per heavy atom. The average Bonchev–Trinajstić information content (AvgIpc) is 2.49. The number of amides is 1. The van der Waals surface area contributed by atoms with E-state index >= 15 is 0 Å². The molecule has 0 saturated heterocycles. The van der Waals surface area contributed by atoms with Crippen molar-refractivity contribution in [1.82, 2.24) is 0 Å². The summed E-state index contributed by atoms with van der Waals surface area (Å²) in [4.78, 5) is 22.6. The van der Waals surface area contributed by atoms with Crippen LogP contribution in [0.25, 0.3) is 0 Å². The van der Waals surface area contributed by atoms with Crippen LogP contribution < -0.4 is 10.6 Å². The molecule has 2 rings (SSSR count). The summed E-state index contributed by atoms with van der Waals surface area (Å²) in [6.45, 7) is 0. The summed E-state index contributed by atoms with van der Waals surface area (Å²) in [6, 6.07) is 3.91. The fraction of sp³-hybridized carbons (Fsp3) is 0.500. The van der Waals surface area contributed by atoms with E-state index in [0.29, 0.717) is 30.6 Å². The van der Waals surface area contributed by atoms with Crippen molar-refractivity contribution in [3.63, 3.8) is 0 Å². The minimum atomic E-state index is -5.05. The van der Waals surface area contributed by atoms with Crippen molar-refractivity contribution in [3.05, 3.63) is 34.4 Å². The molecule has 0 radical (unpaired) electrons. The van der Waals surface area contributed by atoms with E-state index in [4.69, 9.17) is 5.73 Å². The first-order valence-electron chi connectivity index (χ1n) is 7.10. The van der Waals surface area contributed by atoms with Crippen molar-refractivity contribution in [1.29, 1.82) is 0 Å². The molecule has 6 nitrogen and oxygen atoms in total. The number of alkyl halides is 3. The molecular weight excluding hydrogens is 315 g/mol. The maximum absolute atomic E-state index is 12.9. The molecule has 126 valence electrons. The first-order chi connectivity index (χ1) is 10.7. The third-order valence-electron chi connectivity index (χ3n) is 3.89. The molecular formula is C14H16F3N3O3. The number of anilines is 1. The molecule has 0 heterocycles. The van der Waals surface area contributed by atoms with Gasteiger partial charge < -0.3 is 10.6 Å². The number of hydrogen-bond donors (Lipinski definition) is 1. The van der Waals surface area contributed by atoms with Crippen LogP contribution in [-0.2, 0) is 4.79 Å². The first-order valence-corrected chi connectivity index (χ1v) is 7.10. The fourth-order valence-corrected chi connectivity index (χ4v) is 2.75. The molecule has 0 spiro atoms. The number of carbonyl (C=O) groups excluding carboxylic acids is 1. The highest BCUT2D eigenvalue weighted by atomic mass is 19.4. The van der Waals surface area contributed by atoms with Gasteiger partial charge in [-0.25, -0.2) is 0 Å². The second-order valence-corrected chi connectivity index (χ2v) is 5.52. The van der Waals surface area contributed by atoms with E-state index in [2.05, 4.69) is 0 Å². The molecule has 0 unspecified atom stereocenters. The van der Waals surface area contributed by atoms with Gasteiger partial charge in [0.1, 0.15) is 0 Å². The monoisotopic (exact) mass is 331 g/mol. The number of non-ortho nitro benzene ring substituents is 1. The molecule has 1 saturated carbocycles. The van der Waals surface area contributed by atoms with Gasteiger partial charge in [0.05, 0.1) is 10.6 Å². The predicted molar refractivity (Wildman–Crippen MR) is 76.9 cm³/mol. The van der Waals surface area contributed by atoms with Gasteiger partial charge in [0, 0.05) is 24.2 Å². The lowest BCUT2D eigenvalue weighted by Crippen LogP contribution is -2.49. The molecule has 9 heteroatoms. The summed E-state index contributed by atoms with van der Waals surface area (Å²) < 4.78 is 38.8. The van der Waals surface area contributed by atoms with Gasteiger partial charge in [0.15, 0.2) is 0 Å². The van der Waals surface area contributed by atoms with Crippen LogP contribution in [0.1, 0.15) is 25.7 Å². The van der Waals surface area contributed by atoms with Crippen molar-refractivity contribution < 1.29 is 22.9 Å². The lowest BCUT2D eigenvalue weighted by atomic mass is 9.90. The van der Waals surface area contributed by atoms with Crippen LogP contribution in [0.3, 0.4) is 0 Å². The van der Waals surface area contributed by atoms with Crippen LogP contribution in [0.4, 0.5) is 24.5 Å². The van der Waals surface area contributed by atoms with E-state index in [1.165, 1.54) is 12.1 Å². The Labute approximate surface area is 130 Å². The third-order valence-corrected chi connectivity index (χ3v) is 3.89. The van der Waals surface area contributed by atoms with E-state index in [-0.39, 0.29) is 17.4 Å². The maximum atomic E-state index is 12.9. The van der Waals surface area contributed by atoms with Crippen LogP contribution in [0, 0.1) is 10.1 Å². The van der Waals surface area contributed by atoms with Crippen molar-refractivity contribution in [2.75, 3.05) is 4.90 Å². The molecule has 1 fully saturated rings. The molecule has 0 bridgehead atoms. The Balaban J connectivity index is 2.39. The molecule has 23 heavy (non-hydrogen) atoms. The number of benzene rings is 1. The van der Waals surface area contributed by atoms with E-state index in [1.54, 1.807) is 0 Å². The zero-order valence-corrected chi connectivity index (χ0v) is 12.1. The highest BCUT2D eigenvalue weighted by Crippen LogP contribution is 2.32. The fourth-order valence-electron chi connectivity index (χ4n) is 2.75. The minimum absolute atomic E-state index is 0.0980. The topological polar surface area (TPSA) is 89.5 Å². The van der Waals surface area contributed by atoms with Gasteiger partial charge in [0.2, 0.25) is 0 Å². The molecule has 1 amide bonds. The van der Waals surface area contributed by atoms with Crippen molar-refractivity contribution in [3.8, 4) is 0 Å². The SMILES string of the molecule is NC1CCC(N(C(=O)C(F)(F)F)c2cccc([N+](=O)[O-])c2)CC1. The predicted octanol–water partition coefficient (Wildman–Crippen LogP) is 2.76. The number of nitrogens with zero attached hydrogens (tertiary/aromatic N) is 2. The molecule has 0 aromatic heterocycles. The highest BCUT2D eigenvalue weighted by Gasteiger charge is 2.45. The summed E-state index contributed by atoms with van der Waals surface area (Å²) in [5, 5.41) is 10.8. The Morgan fingerprint density at radius 1 is 1.26 bits per heavy atom. The third kappa shape index (κ3) is 3.98. The number of nitro benzene ring substituents is 1. The first kappa shape index (κ1) is 17.2. The number of nitrogens with two attached hydrogens (primary N) is 1.